The average molecular weight is 374 g/mol. The molecule has 148 valence electrons. The summed E-state index contributed by atoms with van der Waals surface area (Å²) in [5.41, 5.74) is 6.68. The molecule has 1 aliphatic heterocycles. The van der Waals surface area contributed by atoms with Crippen molar-refractivity contribution < 1.29 is 14.4 Å². The second kappa shape index (κ2) is 9.50. The Morgan fingerprint density at radius 1 is 1.19 bits per heavy atom. The van der Waals surface area contributed by atoms with Gasteiger partial charge in [-0.3, -0.25) is 14.4 Å². The van der Waals surface area contributed by atoms with Crippen LogP contribution in [0.5, 0.6) is 0 Å². The predicted molar refractivity (Wildman–Crippen MR) is 105 cm³/mol. The van der Waals surface area contributed by atoms with Crippen LogP contribution in [0.4, 0.5) is 5.69 Å². The van der Waals surface area contributed by atoms with Crippen molar-refractivity contribution >= 4 is 23.4 Å². The molecule has 0 radical (unpaired) electrons. The number of amides is 3. The molecule has 0 unspecified atom stereocenters. The summed E-state index contributed by atoms with van der Waals surface area (Å²) in [5, 5.41) is 5.25. The second-order valence-corrected chi connectivity index (χ2v) is 7.56. The van der Waals surface area contributed by atoms with E-state index >= 15 is 0 Å². The number of carbonyl (C=O) groups excluding carboxylic acids is 3. The molecule has 7 nitrogen and oxygen atoms in total. The molecule has 1 atom stereocenters. The fourth-order valence-electron chi connectivity index (χ4n) is 2.94. The maximum Gasteiger partial charge on any atom is 0.255 e. The van der Waals surface area contributed by atoms with E-state index in [0.29, 0.717) is 17.2 Å². The van der Waals surface area contributed by atoms with Crippen LogP contribution in [0.3, 0.4) is 0 Å². The van der Waals surface area contributed by atoms with Crippen LogP contribution in [0.15, 0.2) is 24.3 Å². The van der Waals surface area contributed by atoms with E-state index in [0.717, 1.165) is 25.9 Å². The first-order chi connectivity index (χ1) is 12.8. The third kappa shape index (κ3) is 5.79. The molecule has 0 saturated carbocycles. The second-order valence-electron chi connectivity index (χ2n) is 7.56. The monoisotopic (exact) mass is 374 g/mol. The van der Waals surface area contributed by atoms with Crippen molar-refractivity contribution in [2.24, 2.45) is 17.6 Å². The Morgan fingerprint density at radius 3 is 2.44 bits per heavy atom. The van der Waals surface area contributed by atoms with Crippen molar-refractivity contribution in [3.05, 3.63) is 29.8 Å². The van der Waals surface area contributed by atoms with Crippen LogP contribution in [0.2, 0.25) is 0 Å². The topological polar surface area (TPSA) is 105 Å². The largest absolute Gasteiger partial charge is 0.346 e. The van der Waals surface area contributed by atoms with E-state index in [-0.39, 0.29) is 24.3 Å². The summed E-state index contributed by atoms with van der Waals surface area (Å²) in [6, 6.07) is 6.28. The fourth-order valence-corrected chi connectivity index (χ4v) is 2.94. The molecule has 1 saturated heterocycles. The first kappa shape index (κ1) is 20.9. The minimum atomic E-state index is -0.659. The lowest BCUT2D eigenvalue weighted by molar-refractivity contribution is -0.125. The number of hydrogen-bond acceptors (Lipinski definition) is 4. The lowest BCUT2D eigenvalue weighted by atomic mass is 9.98. The number of nitrogens with one attached hydrogen (secondary N) is 2. The number of anilines is 1. The smallest absolute Gasteiger partial charge is 0.255 e. The number of piperidine rings is 1. The van der Waals surface area contributed by atoms with Crippen molar-refractivity contribution in [3.8, 4) is 0 Å². The Morgan fingerprint density at radius 2 is 1.81 bits per heavy atom. The highest BCUT2D eigenvalue weighted by molar-refractivity contribution is 6.04. The molecule has 1 heterocycles. The minimum Gasteiger partial charge on any atom is -0.346 e. The van der Waals surface area contributed by atoms with E-state index in [1.807, 2.05) is 18.7 Å². The molecule has 0 spiro atoms. The Balaban J connectivity index is 1.98. The number of nitrogens with zero attached hydrogens (tertiary/aromatic N) is 1. The maximum absolute atomic E-state index is 12.8. The van der Waals surface area contributed by atoms with E-state index < -0.39 is 11.9 Å². The molecule has 3 amide bonds. The summed E-state index contributed by atoms with van der Waals surface area (Å²) in [7, 11) is 0. The molecule has 0 aromatic heterocycles. The minimum absolute atomic E-state index is 0.0151. The highest BCUT2D eigenvalue weighted by Gasteiger charge is 2.24. The zero-order valence-electron chi connectivity index (χ0n) is 16.3. The van der Waals surface area contributed by atoms with Crippen LogP contribution in [0.25, 0.3) is 0 Å². The number of likely N-dealkylation sites (tertiary alicyclic amines) is 1. The summed E-state index contributed by atoms with van der Waals surface area (Å²) < 4.78 is 0. The number of para-hydroxylation sites is 1. The summed E-state index contributed by atoms with van der Waals surface area (Å²) >= 11 is 0. The molecule has 27 heavy (non-hydrogen) atoms. The summed E-state index contributed by atoms with van der Waals surface area (Å²) in [4.78, 5) is 38.7. The van der Waals surface area contributed by atoms with Gasteiger partial charge in [-0.1, -0.05) is 32.9 Å². The Kier molecular flexibility index (Phi) is 7.36. The number of hydrogen-bond donors (Lipinski definition) is 3. The van der Waals surface area contributed by atoms with Gasteiger partial charge in [0.1, 0.15) is 0 Å². The highest BCUT2D eigenvalue weighted by Crippen LogP contribution is 2.22. The molecule has 1 aliphatic rings. The molecule has 1 aromatic rings. The van der Waals surface area contributed by atoms with Crippen LogP contribution in [0, 0.1) is 11.8 Å². The number of benzene rings is 1. The van der Waals surface area contributed by atoms with Crippen LogP contribution in [-0.2, 0) is 9.59 Å². The van der Waals surface area contributed by atoms with Gasteiger partial charge in [0, 0.05) is 13.1 Å². The lowest BCUT2D eigenvalue weighted by Gasteiger charge is -2.30. The van der Waals surface area contributed by atoms with Gasteiger partial charge in [-0.2, -0.15) is 0 Å². The summed E-state index contributed by atoms with van der Waals surface area (Å²) in [5.74, 6) is -0.231. The number of rotatable bonds is 6. The highest BCUT2D eigenvalue weighted by atomic mass is 16.2. The maximum atomic E-state index is 12.8. The molecule has 7 heteroatoms. The normalized spacial score (nSPS) is 16.1. The number of nitrogens with two attached hydrogens (primary N) is 1. The SMILES string of the molecule is CC1CCN(C(=O)c2ccccc2NC(=O)CNC(=O)[C@@H](N)C(C)C)CC1. The molecule has 4 N–H and O–H groups in total. The molecule has 1 fully saturated rings. The molecule has 0 aliphatic carbocycles. The summed E-state index contributed by atoms with van der Waals surface area (Å²) in [6.07, 6.45) is 1.98. The fraction of sp³-hybridized carbons (Fsp3) is 0.550. The molecule has 2 rings (SSSR count). The molecular weight excluding hydrogens is 344 g/mol. The van der Waals surface area contributed by atoms with Crippen molar-refractivity contribution in [3.63, 3.8) is 0 Å². The quantitative estimate of drug-likeness (QED) is 0.703. The van der Waals surface area contributed by atoms with Crippen LogP contribution >= 0.6 is 0 Å². The van der Waals surface area contributed by atoms with Gasteiger partial charge in [0.25, 0.3) is 5.91 Å². The van der Waals surface area contributed by atoms with Gasteiger partial charge in [-0.25, -0.2) is 0 Å². The van der Waals surface area contributed by atoms with E-state index in [1.54, 1.807) is 24.3 Å². The van der Waals surface area contributed by atoms with Gasteiger partial charge in [0.15, 0.2) is 0 Å². The van der Waals surface area contributed by atoms with Gasteiger partial charge in [-0.15, -0.1) is 0 Å². The first-order valence-electron chi connectivity index (χ1n) is 9.51. The van der Waals surface area contributed by atoms with Gasteiger partial charge in [0.2, 0.25) is 11.8 Å². The third-order valence-electron chi connectivity index (χ3n) is 4.95. The van der Waals surface area contributed by atoms with Gasteiger partial charge >= 0.3 is 0 Å². The number of carbonyl (C=O) groups is 3. The van der Waals surface area contributed by atoms with Crippen molar-refractivity contribution in [2.75, 3.05) is 25.0 Å². The third-order valence-corrected chi connectivity index (χ3v) is 4.95. The predicted octanol–water partition coefficient (Wildman–Crippen LogP) is 1.60. The van der Waals surface area contributed by atoms with E-state index in [9.17, 15) is 14.4 Å². The van der Waals surface area contributed by atoms with Crippen LogP contribution in [0.1, 0.15) is 44.0 Å². The standard InChI is InChI=1S/C20H30N4O3/c1-13(2)18(21)19(26)22-12-17(25)23-16-7-5-4-6-15(16)20(27)24-10-8-14(3)9-11-24/h4-7,13-14,18H,8-12,21H2,1-3H3,(H,22,26)(H,23,25)/t18-/m0/s1. The molecule has 1 aromatic carbocycles. The molecular formula is C20H30N4O3. The van der Waals surface area contributed by atoms with Crippen molar-refractivity contribution in [1.82, 2.24) is 10.2 Å². The van der Waals surface area contributed by atoms with E-state index in [2.05, 4.69) is 17.6 Å². The molecule has 0 bridgehead atoms. The Labute approximate surface area is 160 Å². The van der Waals surface area contributed by atoms with Gasteiger partial charge < -0.3 is 21.3 Å². The Bertz CT molecular complexity index is 682. The zero-order valence-corrected chi connectivity index (χ0v) is 16.3. The van der Waals surface area contributed by atoms with Crippen LogP contribution in [-0.4, -0.2) is 48.3 Å². The van der Waals surface area contributed by atoms with Gasteiger partial charge in [-0.05, 0) is 36.8 Å². The van der Waals surface area contributed by atoms with E-state index in [4.69, 9.17) is 5.73 Å². The van der Waals surface area contributed by atoms with E-state index in [1.165, 1.54) is 0 Å². The first-order valence-corrected chi connectivity index (χ1v) is 9.51. The Hall–Kier alpha value is -2.41. The van der Waals surface area contributed by atoms with Crippen molar-refractivity contribution in [1.29, 1.82) is 0 Å². The van der Waals surface area contributed by atoms with Crippen molar-refractivity contribution in [2.45, 2.75) is 39.7 Å². The van der Waals surface area contributed by atoms with Gasteiger partial charge in [0.05, 0.1) is 23.8 Å². The lowest BCUT2D eigenvalue weighted by Crippen LogP contribution is -2.46. The average Bonchev–Trinajstić information content (AvgIpc) is 2.66. The zero-order chi connectivity index (χ0) is 20.0. The van der Waals surface area contributed by atoms with Crippen LogP contribution < -0.4 is 16.4 Å². The summed E-state index contributed by atoms with van der Waals surface area (Å²) in [6.45, 7) is 7.14.